The lowest BCUT2D eigenvalue weighted by Gasteiger charge is -2.39. The van der Waals surface area contributed by atoms with E-state index in [0.29, 0.717) is 6.42 Å². The Hall–Kier alpha value is -1.10. The fourth-order valence-electron chi connectivity index (χ4n) is 3.56. The summed E-state index contributed by atoms with van der Waals surface area (Å²) in [5, 5.41) is 8.89. The van der Waals surface area contributed by atoms with Crippen molar-refractivity contribution in [2.45, 2.75) is 50.6 Å². The van der Waals surface area contributed by atoms with Gasteiger partial charge in [-0.2, -0.15) is 0 Å². The molecule has 2 aliphatic rings. The molecule has 2 atom stereocenters. The molecular weight excluding hydrogens is 244 g/mol. The standard InChI is InChI=1S/C14H24N2O3/c1-15(2)6-5-13(17)16-11-3-4-12(16)8-10(7-11)9-14(18)19/h10-12H,3-9H2,1-2H3,(H,18,19). The third kappa shape index (κ3) is 3.47. The molecule has 2 heterocycles. The lowest BCUT2D eigenvalue weighted by molar-refractivity contribution is -0.140. The highest BCUT2D eigenvalue weighted by Gasteiger charge is 2.43. The molecular formula is C14H24N2O3. The average molecular weight is 268 g/mol. The van der Waals surface area contributed by atoms with Gasteiger partial charge in [-0.25, -0.2) is 0 Å². The molecule has 1 N–H and O–H groups in total. The molecule has 2 unspecified atom stereocenters. The quantitative estimate of drug-likeness (QED) is 0.813. The number of fused-ring (bicyclic) bond motifs is 2. The van der Waals surface area contributed by atoms with Crippen LogP contribution in [0.5, 0.6) is 0 Å². The van der Waals surface area contributed by atoms with Crippen LogP contribution in [-0.2, 0) is 9.59 Å². The minimum Gasteiger partial charge on any atom is -0.481 e. The number of piperidine rings is 1. The summed E-state index contributed by atoms with van der Waals surface area (Å²) >= 11 is 0. The molecule has 108 valence electrons. The van der Waals surface area contributed by atoms with Crippen molar-refractivity contribution in [2.75, 3.05) is 20.6 Å². The van der Waals surface area contributed by atoms with Gasteiger partial charge in [-0.05, 0) is 45.7 Å². The highest BCUT2D eigenvalue weighted by Crippen LogP contribution is 2.40. The van der Waals surface area contributed by atoms with Crippen LogP contribution in [0, 0.1) is 5.92 Å². The van der Waals surface area contributed by atoms with Gasteiger partial charge in [0.15, 0.2) is 0 Å². The largest absolute Gasteiger partial charge is 0.481 e. The van der Waals surface area contributed by atoms with E-state index in [0.717, 1.165) is 32.2 Å². The third-order valence-corrected chi connectivity index (χ3v) is 4.35. The number of carbonyl (C=O) groups excluding carboxylic acids is 1. The van der Waals surface area contributed by atoms with Crippen LogP contribution in [0.15, 0.2) is 0 Å². The summed E-state index contributed by atoms with van der Waals surface area (Å²) in [6.07, 6.45) is 4.67. The predicted octanol–water partition coefficient (Wildman–Crippen LogP) is 1.18. The second kappa shape index (κ2) is 5.90. The lowest BCUT2D eigenvalue weighted by Crippen LogP contribution is -2.47. The van der Waals surface area contributed by atoms with Gasteiger partial charge in [0.1, 0.15) is 0 Å². The minimum atomic E-state index is -0.711. The van der Waals surface area contributed by atoms with Gasteiger partial charge < -0.3 is 14.9 Å². The molecule has 0 aromatic carbocycles. The summed E-state index contributed by atoms with van der Waals surface area (Å²) in [7, 11) is 3.95. The predicted molar refractivity (Wildman–Crippen MR) is 71.8 cm³/mol. The van der Waals surface area contributed by atoms with Crippen LogP contribution < -0.4 is 0 Å². The normalized spacial score (nSPS) is 29.8. The monoisotopic (exact) mass is 268 g/mol. The van der Waals surface area contributed by atoms with Crippen molar-refractivity contribution in [3.8, 4) is 0 Å². The van der Waals surface area contributed by atoms with Crippen LogP contribution in [0.2, 0.25) is 0 Å². The van der Waals surface area contributed by atoms with Crippen molar-refractivity contribution in [1.82, 2.24) is 9.80 Å². The maximum atomic E-state index is 12.3. The van der Waals surface area contributed by atoms with Gasteiger partial charge in [0.05, 0.1) is 0 Å². The number of hydrogen-bond donors (Lipinski definition) is 1. The van der Waals surface area contributed by atoms with E-state index in [-0.39, 0.29) is 30.3 Å². The highest BCUT2D eigenvalue weighted by atomic mass is 16.4. The van der Waals surface area contributed by atoms with Crippen LogP contribution in [-0.4, -0.2) is 59.5 Å². The van der Waals surface area contributed by atoms with Gasteiger partial charge in [0, 0.05) is 31.5 Å². The number of carboxylic acids is 1. The topological polar surface area (TPSA) is 60.9 Å². The van der Waals surface area contributed by atoms with Crippen LogP contribution in [0.3, 0.4) is 0 Å². The molecule has 19 heavy (non-hydrogen) atoms. The van der Waals surface area contributed by atoms with Crippen molar-refractivity contribution in [1.29, 1.82) is 0 Å². The molecule has 0 aromatic heterocycles. The molecule has 0 radical (unpaired) electrons. The molecule has 2 fully saturated rings. The van der Waals surface area contributed by atoms with E-state index in [1.807, 2.05) is 19.0 Å². The molecule has 2 bridgehead atoms. The van der Waals surface area contributed by atoms with Crippen LogP contribution in [0.1, 0.15) is 38.5 Å². The second-order valence-corrected chi connectivity index (χ2v) is 6.17. The van der Waals surface area contributed by atoms with Crippen molar-refractivity contribution < 1.29 is 14.7 Å². The number of carbonyl (C=O) groups is 2. The number of nitrogens with zero attached hydrogens (tertiary/aromatic N) is 2. The summed E-state index contributed by atoms with van der Waals surface area (Å²) in [5.41, 5.74) is 0. The first-order valence-corrected chi connectivity index (χ1v) is 7.15. The van der Waals surface area contributed by atoms with Gasteiger partial charge in [0.25, 0.3) is 0 Å². The van der Waals surface area contributed by atoms with Gasteiger partial charge in [-0.1, -0.05) is 0 Å². The number of rotatable bonds is 5. The van der Waals surface area contributed by atoms with Crippen molar-refractivity contribution in [2.24, 2.45) is 5.92 Å². The van der Waals surface area contributed by atoms with E-state index in [4.69, 9.17) is 5.11 Å². The number of hydrogen-bond acceptors (Lipinski definition) is 3. The minimum absolute atomic E-state index is 0.245. The smallest absolute Gasteiger partial charge is 0.303 e. The van der Waals surface area contributed by atoms with E-state index >= 15 is 0 Å². The number of amides is 1. The zero-order valence-electron chi connectivity index (χ0n) is 11.8. The van der Waals surface area contributed by atoms with Gasteiger partial charge in [-0.3, -0.25) is 9.59 Å². The average Bonchev–Trinajstić information content (AvgIpc) is 2.57. The summed E-state index contributed by atoms with van der Waals surface area (Å²) < 4.78 is 0. The maximum absolute atomic E-state index is 12.3. The first-order chi connectivity index (χ1) is 8.97. The number of carboxylic acid groups (broad SMARTS) is 1. The summed E-state index contributed by atoms with van der Waals surface area (Å²) in [6, 6.07) is 0.579. The number of aliphatic carboxylic acids is 1. The molecule has 0 aliphatic carbocycles. The fourth-order valence-corrected chi connectivity index (χ4v) is 3.56. The summed E-state index contributed by atoms with van der Waals surface area (Å²) in [4.78, 5) is 27.2. The Bertz CT molecular complexity index is 343. The second-order valence-electron chi connectivity index (χ2n) is 6.17. The Morgan fingerprint density at radius 2 is 1.79 bits per heavy atom. The molecule has 0 spiro atoms. The van der Waals surface area contributed by atoms with E-state index < -0.39 is 5.97 Å². The molecule has 5 heteroatoms. The molecule has 2 aliphatic heterocycles. The molecule has 0 aromatic rings. The third-order valence-electron chi connectivity index (χ3n) is 4.35. The van der Waals surface area contributed by atoms with Gasteiger partial charge >= 0.3 is 5.97 Å². The van der Waals surface area contributed by atoms with Crippen molar-refractivity contribution >= 4 is 11.9 Å². The Kier molecular flexibility index (Phi) is 4.45. The van der Waals surface area contributed by atoms with E-state index in [1.165, 1.54) is 0 Å². The van der Waals surface area contributed by atoms with Gasteiger partial charge in [0.2, 0.25) is 5.91 Å². The summed E-state index contributed by atoms with van der Waals surface area (Å²) in [5.74, 6) is -0.209. The SMILES string of the molecule is CN(C)CCC(=O)N1C2CCC1CC(CC(=O)O)C2. The van der Waals surface area contributed by atoms with Crippen LogP contribution in [0.25, 0.3) is 0 Å². The maximum Gasteiger partial charge on any atom is 0.303 e. The fraction of sp³-hybridized carbons (Fsp3) is 0.857. The highest BCUT2D eigenvalue weighted by molar-refractivity contribution is 5.77. The van der Waals surface area contributed by atoms with Gasteiger partial charge in [-0.15, -0.1) is 0 Å². The molecule has 1 amide bonds. The first-order valence-electron chi connectivity index (χ1n) is 7.15. The molecule has 0 saturated carbocycles. The zero-order valence-corrected chi connectivity index (χ0v) is 11.8. The Morgan fingerprint density at radius 1 is 1.21 bits per heavy atom. The van der Waals surface area contributed by atoms with Crippen LogP contribution >= 0.6 is 0 Å². The molecule has 5 nitrogen and oxygen atoms in total. The Labute approximate surface area is 114 Å². The first kappa shape index (κ1) is 14.3. The Balaban J connectivity index is 1.91. The van der Waals surface area contributed by atoms with E-state index in [2.05, 4.69) is 4.90 Å². The van der Waals surface area contributed by atoms with Crippen molar-refractivity contribution in [3.63, 3.8) is 0 Å². The van der Waals surface area contributed by atoms with E-state index in [9.17, 15) is 9.59 Å². The zero-order chi connectivity index (χ0) is 14.0. The van der Waals surface area contributed by atoms with Crippen LogP contribution in [0.4, 0.5) is 0 Å². The summed E-state index contributed by atoms with van der Waals surface area (Å²) in [6.45, 7) is 0.785. The van der Waals surface area contributed by atoms with Crippen molar-refractivity contribution in [3.05, 3.63) is 0 Å². The Morgan fingerprint density at radius 3 is 2.26 bits per heavy atom. The van der Waals surface area contributed by atoms with E-state index in [1.54, 1.807) is 0 Å². The molecule has 2 saturated heterocycles. The lowest BCUT2D eigenvalue weighted by atomic mass is 9.88. The molecule has 2 rings (SSSR count).